The lowest BCUT2D eigenvalue weighted by molar-refractivity contribution is -0.124. The largest absolute Gasteiger partial charge is 0.401 e. The second kappa shape index (κ2) is 2.78. The maximum absolute atomic E-state index is 11.5. The monoisotopic (exact) mass is 153 g/mol. The van der Waals surface area contributed by atoms with Crippen LogP contribution in [0.2, 0.25) is 0 Å². The van der Waals surface area contributed by atoms with Crippen LogP contribution in [-0.4, -0.2) is 19.3 Å². The van der Waals surface area contributed by atoms with Crippen LogP contribution >= 0.6 is 0 Å². The van der Waals surface area contributed by atoms with E-state index in [1.165, 1.54) is 0 Å². The quantitative estimate of drug-likeness (QED) is 0.648. The van der Waals surface area contributed by atoms with Crippen LogP contribution < -0.4 is 5.32 Å². The van der Waals surface area contributed by atoms with Gasteiger partial charge in [-0.25, -0.2) is 0 Å². The molecule has 1 nitrogen and oxygen atoms in total. The Kier molecular flexibility index (Phi) is 2.18. The Labute approximate surface area is 57.6 Å². The minimum absolute atomic E-state index is 0.516. The van der Waals surface area contributed by atoms with E-state index in [9.17, 15) is 13.2 Å². The first-order chi connectivity index (χ1) is 4.58. The molecule has 0 aromatic carbocycles. The van der Waals surface area contributed by atoms with E-state index < -0.39 is 12.7 Å². The molecule has 1 saturated carbocycles. The first-order valence-electron chi connectivity index (χ1n) is 3.35. The van der Waals surface area contributed by atoms with E-state index >= 15 is 0 Å². The molecule has 1 aliphatic rings. The van der Waals surface area contributed by atoms with Crippen molar-refractivity contribution in [3.63, 3.8) is 0 Å². The molecule has 1 rings (SSSR count). The Hall–Kier alpha value is -0.250. The van der Waals surface area contributed by atoms with Crippen molar-refractivity contribution in [2.24, 2.45) is 5.92 Å². The average Bonchev–Trinajstić information content (AvgIpc) is 2.45. The fourth-order valence-corrected chi connectivity index (χ4v) is 0.740. The molecule has 1 N–H and O–H groups in total. The van der Waals surface area contributed by atoms with Gasteiger partial charge in [-0.15, -0.1) is 0 Å². The van der Waals surface area contributed by atoms with Crippen LogP contribution in [0.5, 0.6) is 0 Å². The molecular formula is C6H10F3N. The second-order valence-corrected chi connectivity index (χ2v) is 2.69. The Morgan fingerprint density at radius 1 is 1.30 bits per heavy atom. The lowest BCUT2D eigenvalue weighted by atomic mass is 10.4. The van der Waals surface area contributed by atoms with Crippen LogP contribution in [0.25, 0.3) is 0 Å². The van der Waals surface area contributed by atoms with E-state index in [2.05, 4.69) is 5.32 Å². The predicted molar refractivity (Wildman–Crippen MR) is 31.6 cm³/mol. The summed E-state index contributed by atoms with van der Waals surface area (Å²) in [6.07, 6.45) is -1.87. The molecule has 0 amide bonds. The lowest BCUT2D eigenvalue weighted by Crippen LogP contribution is -2.30. The summed E-state index contributed by atoms with van der Waals surface area (Å²) in [6, 6.07) is 0. The molecule has 4 heteroatoms. The maximum atomic E-state index is 11.5. The summed E-state index contributed by atoms with van der Waals surface area (Å²) in [5.74, 6) is 0.516. The van der Waals surface area contributed by atoms with Crippen LogP contribution in [0.15, 0.2) is 0 Å². The summed E-state index contributed by atoms with van der Waals surface area (Å²) in [5, 5.41) is 2.36. The Bertz CT molecular complexity index is 106. The number of hydrogen-bond donors (Lipinski definition) is 1. The van der Waals surface area contributed by atoms with Crippen molar-refractivity contribution >= 4 is 0 Å². The molecule has 1 aliphatic carbocycles. The number of rotatable bonds is 3. The summed E-state index contributed by atoms with van der Waals surface area (Å²) < 4.78 is 34.4. The zero-order chi connectivity index (χ0) is 7.61. The van der Waals surface area contributed by atoms with Gasteiger partial charge in [-0.2, -0.15) is 13.2 Å². The van der Waals surface area contributed by atoms with Gasteiger partial charge in [0.05, 0.1) is 6.54 Å². The summed E-state index contributed by atoms with van der Waals surface area (Å²) in [7, 11) is 0. The molecule has 0 atom stereocenters. The molecule has 10 heavy (non-hydrogen) atoms. The van der Waals surface area contributed by atoms with E-state index in [4.69, 9.17) is 0 Å². The molecule has 0 aromatic heterocycles. The normalized spacial score (nSPS) is 19.5. The molecule has 0 saturated heterocycles. The minimum atomic E-state index is -4.05. The Morgan fingerprint density at radius 2 is 1.90 bits per heavy atom. The van der Waals surface area contributed by atoms with E-state index in [0.717, 1.165) is 12.8 Å². The van der Waals surface area contributed by atoms with Gasteiger partial charge < -0.3 is 5.32 Å². The van der Waals surface area contributed by atoms with E-state index in [0.29, 0.717) is 12.5 Å². The summed E-state index contributed by atoms with van der Waals surface area (Å²) in [6.45, 7) is -0.316. The highest BCUT2D eigenvalue weighted by molar-refractivity contribution is 4.75. The topological polar surface area (TPSA) is 12.0 Å². The minimum Gasteiger partial charge on any atom is -0.308 e. The van der Waals surface area contributed by atoms with Crippen molar-refractivity contribution in [1.82, 2.24) is 5.32 Å². The smallest absolute Gasteiger partial charge is 0.308 e. The third kappa shape index (κ3) is 3.71. The van der Waals surface area contributed by atoms with Crippen LogP contribution in [0.1, 0.15) is 12.8 Å². The molecule has 60 valence electrons. The van der Waals surface area contributed by atoms with Crippen molar-refractivity contribution in [2.45, 2.75) is 19.0 Å². The predicted octanol–water partition coefficient (Wildman–Crippen LogP) is 1.55. The van der Waals surface area contributed by atoms with Gasteiger partial charge in [0.2, 0.25) is 0 Å². The van der Waals surface area contributed by atoms with Crippen molar-refractivity contribution in [2.75, 3.05) is 13.1 Å². The SMILES string of the molecule is FC(F)(F)CNCC1CC1. The first kappa shape index (κ1) is 7.85. The Morgan fingerprint density at radius 3 is 2.30 bits per heavy atom. The van der Waals surface area contributed by atoms with Crippen LogP contribution in [0.4, 0.5) is 13.2 Å². The molecule has 0 radical (unpaired) electrons. The lowest BCUT2D eigenvalue weighted by Gasteiger charge is -2.06. The number of halogens is 3. The molecule has 0 aromatic rings. The van der Waals surface area contributed by atoms with Crippen molar-refractivity contribution in [3.05, 3.63) is 0 Å². The number of alkyl halides is 3. The first-order valence-corrected chi connectivity index (χ1v) is 3.35. The van der Waals surface area contributed by atoms with E-state index in [1.807, 2.05) is 0 Å². The summed E-state index contributed by atoms with van der Waals surface area (Å²) in [4.78, 5) is 0. The molecule has 0 aliphatic heterocycles. The molecule has 0 unspecified atom stereocenters. The van der Waals surface area contributed by atoms with E-state index in [-0.39, 0.29) is 0 Å². The summed E-state index contributed by atoms with van der Waals surface area (Å²) >= 11 is 0. The fraction of sp³-hybridized carbons (Fsp3) is 1.00. The van der Waals surface area contributed by atoms with Gasteiger partial charge >= 0.3 is 6.18 Å². The highest BCUT2D eigenvalue weighted by atomic mass is 19.4. The van der Waals surface area contributed by atoms with Crippen LogP contribution in [-0.2, 0) is 0 Å². The molecule has 0 bridgehead atoms. The van der Waals surface area contributed by atoms with Gasteiger partial charge in [0.25, 0.3) is 0 Å². The highest BCUT2D eigenvalue weighted by Gasteiger charge is 2.28. The Balaban J connectivity index is 1.93. The number of nitrogens with one attached hydrogen (secondary N) is 1. The van der Waals surface area contributed by atoms with Crippen LogP contribution in [0, 0.1) is 5.92 Å². The van der Waals surface area contributed by atoms with Gasteiger partial charge in [0.1, 0.15) is 0 Å². The molecular weight excluding hydrogens is 143 g/mol. The zero-order valence-electron chi connectivity index (χ0n) is 5.54. The van der Waals surface area contributed by atoms with Gasteiger partial charge in [0, 0.05) is 0 Å². The van der Waals surface area contributed by atoms with Crippen molar-refractivity contribution in [1.29, 1.82) is 0 Å². The van der Waals surface area contributed by atoms with Crippen molar-refractivity contribution in [3.8, 4) is 0 Å². The molecule has 0 spiro atoms. The van der Waals surface area contributed by atoms with Gasteiger partial charge in [-0.3, -0.25) is 0 Å². The third-order valence-corrected chi connectivity index (χ3v) is 1.46. The van der Waals surface area contributed by atoms with Gasteiger partial charge in [-0.05, 0) is 25.3 Å². The van der Waals surface area contributed by atoms with Crippen molar-refractivity contribution < 1.29 is 13.2 Å². The maximum Gasteiger partial charge on any atom is 0.401 e. The molecule has 0 heterocycles. The second-order valence-electron chi connectivity index (χ2n) is 2.69. The zero-order valence-corrected chi connectivity index (χ0v) is 5.54. The fourth-order valence-electron chi connectivity index (χ4n) is 0.740. The van der Waals surface area contributed by atoms with E-state index in [1.54, 1.807) is 0 Å². The summed E-state index contributed by atoms with van der Waals surface area (Å²) in [5.41, 5.74) is 0. The standard InChI is InChI=1S/C6H10F3N/c7-6(8,9)4-10-3-5-1-2-5/h5,10H,1-4H2. The van der Waals surface area contributed by atoms with Gasteiger partial charge in [0.15, 0.2) is 0 Å². The third-order valence-electron chi connectivity index (χ3n) is 1.46. The molecule has 1 fully saturated rings. The average molecular weight is 153 g/mol. The van der Waals surface area contributed by atoms with Crippen LogP contribution in [0.3, 0.4) is 0 Å². The highest BCUT2D eigenvalue weighted by Crippen LogP contribution is 2.27. The number of hydrogen-bond acceptors (Lipinski definition) is 1. The van der Waals surface area contributed by atoms with Gasteiger partial charge in [-0.1, -0.05) is 0 Å².